The molecule has 0 aromatic heterocycles. The van der Waals surface area contributed by atoms with Crippen LogP contribution in [0.25, 0.3) is 0 Å². The highest BCUT2D eigenvalue weighted by Gasteiger charge is 2.44. The number of amides is 2. The standard InChI is InChI=1S/C28H32FN3O4/c1-2-19-6-5-7-21(12-19)28(9-10-28)31-17-25(33)24-15-20-13-22(29)16-23(14-20)36-11-4-3-8-26(34)30-18-27(35)32-24/h1,5-7,12-14,16,24-25,31,33H,3-4,8-11,15,17-18H2,(H,30,34)(H,32,35)/t24-,25+/m0/s1. The number of fused-ring (bicyclic) bond motifs is 2. The number of benzene rings is 2. The van der Waals surface area contributed by atoms with Crippen molar-refractivity contribution in [1.29, 1.82) is 0 Å². The third-order valence-electron chi connectivity index (χ3n) is 6.69. The van der Waals surface area contributed by atoms with Gasteiger partial charge in [-0.2, -0.15) is 0 Å². The van der Waals surface area contributed by atoms with E-state index in [-0.39, 0.29) is 37.4 Å². The first-order valence-corrected chi connectivity index (χ1v) is 12.4. The summed E-state index contributed by atoms with van der Waals surface area (Å²) in [7, 11) is 0. The van der Waals surface area contributed by atoms with Gasteiger partial charge in [0.05, 0.1) is 25.3 Å². The Morgan fingerprint density at radius 3 is 2.81 bits per heavy atom. The first kappa shape index (κ1) is 25.7. The molecule has 1 fully saturated rings. The number of halogens is 1. The second-order valence-corrected chi connectivity index (χ2v) is 9.51. The molecule has 0 radical (unpaired) electrons. The Bertz CT molecular complexity index is 1140. The average molecular weight is 494 g/mol. The van der Waals surface area contributed by atoms with Crippen molar-refractivity contribution < 1.29 is 23.8 Å². The summed E-state index contributed by atoms with van der Waals surface area (Å²) in [4.78, 5) is 24.6. The zero-order valence-corrected chi connectivity index (χ0v) is 20.2. The van der Waals surface area contributed by atoms with Crippen LogP contribution in [-0.2, 0) is 21.5 Å². The normalized spacial score (nSPS) is 21.0. The second-order valence-electron chi connectivity index (χ2n) is 9.51. The van der Waals surface area contributed by atoms with Crippen molar-refractivity contribution in [3.63, 3.8) is 0 Å². The number of ether oxygens (including phenoxy) is 1. The van der Waals surface area contributed by atoms with Gasteiger partial charge in [-0.15, -0.1) is 6.42 Å². The van der Waals surface area contributed by atoms with Crippen molar-refractivity contribution in [2.24, 2.45) is 0 Å². The monoisotopic (exact) mass is 493 g/mol. The summed E-state index contributed by atoms with van der Waals surface area (Å²) in [6.45, 7) is 0.367. The number of hydrogen-bond donors (Lipinski definition) is 4. The number of carbonyl (C=O) groups excluding carboxylic acids is 2. The van der Waals surface area contributed by atoms with E-state index >= 15 is 0 Å². The lowest BCUT2D eigenvalue weighted by molar-refractivity contribution is -0.126. The second kappa shape index (κ2) is 11.5. The topological polar surface area (TPSA) is 99.7 Å². The van der Waals surface area contributed by atoms with Crippen LogP contribution in [0, 0.1) is 18.2 Å². The zero-order chi connectivity index (χ0) is 25.5. The molecule has 1 heterocycles. The molecule has 1 aliphatic heterocycles. The molecule has 2 aliphatic rings. The van der Waals surface area contributed by atoms with E-state index < -0.39 is 23.9 Å². The van der Waals surface area contributed by atoms with E-state index in [9.17, 15) is 19.1 Å². The number of rotatable bonds is 5. The largest absolute Gasteiger partial charge is 0.493 e. The maximum Gasteiger partial charge on any atom is 0.239 e. The van der Waals surface area contributed by atoms with E-state index in [1.165, 1.54) is 12.1 Å². The molecule has 2 atom stereocenters. The molecule has 1 aliphatic carbocycles. The Kier molecular flexibility index (Phi) is 8.24. The molecule has 0 saturated heterocycles. The summed E-state index contributed by atoms with van der Waals surface area (Å²) in [5.41, 5.74) is 2.18. The molecule has 8 heteroatoms. The van der Waals surface area contributed by atoms with E-state index in [0.29, 0.717) is 30.8 Å². The lowest BCUT2D eigenvalue weighted by Gasteiger charge is -2.27. The van der Waals surface area contributed by atoms with Crippen LogP contribution in [0.5, 0.6) is 5.75 Å². The van der Waals surface area contributed by atoms with E-state index in [2.05, 4.69) is 21.9 Å². The van der Waals surface area contributed by atoms with Gasteiger partial charge in [-0.3, -0.25) is 9.59 Å². The summed E-state index contributed by atoms with van der Waals surface area (Å²) in [6, 6.07) is 11.5. The van der Waals surface area contributed by atoms with Crippen molar-refractivity contribution in [2.75, 3.05) is 19.7 Å². The van der Waals surface area contributed by atoms with Gasteiger partial charge in [-0.05, 0) is 67.5 Å². The lowest BCUT2D eigenvalue weighted by atomic mass is 9.98. The van der Waals surface area contributed by atoms with Crippen LogP contribution < -0.4 is 20.7 Å². The number of hydrogen-bond acceptors (Lipinski definition) is 5. The third kappa shape index (κ3) is 6.84. The van der Waals surface area contributed by atoms with Crippen molar-refractivity contribution >= 4 is 11.8 Å². The van der Waals surface area contributed by atoms with Gasteiger partial charge in [-0.25, -0.2) is 4.39 Å². The van der Waals surface area contributed by atoms with Crippen molar-refractivity contribution in [2.45, 2.75) is 56.2 Å². The maximum atomic E-state index is 14.3. The molecule has 4 N–H and O–H groups in total. The molecular weight excluding hydrogens is 461 g/mol. The number of aliphatic hydroxyl groups excluding tert-OH is 1. The summed E-state index contributed by atoms with van der Waals surface area (Å²) in [6.07, 6.45) is 8.06. The van der Waals surface area contributed by atoms with Crippen LogP contribution in [0.1, 0.15) is 48.8 Å². The van der Waals surface area contributed by atoms with Crippen molar-refractivity contribution in [3.05, 3.63) is 65.0 Å². The number of nitrogens with one attached hydrogen (secondary N) is 3. The summed E-state index contributed by atoms with van der Waals surface area (Å²) in [5, 5.41) is 20.0. The van der Waals surface area contributed by atoms with Crippen LogP contribution in [0.4, 0.5) is 4.39 Å². The SMILES string of the molecule is C#Cc1cccc(C2(NC[C@@H](O)[C@@H]3Cc4cc(F)cc(c4)OCCCCC(=O)NCC(=O)N3)CC2)c1. The van der Waals surface area contributed by atoms with Gasteiger partial charge < -0.3 is 25.8 Å². The minimum atomic E-state index is -0.971. The molecule has 2 aromatic rings. The molecular formula is C28H32FN3O4. The predicted octanol–water partition coefficient (Wildman–Crippen LogP) is 2.15. The van der Waals surface area contributed by atoms with Crippen molar-refractivity contribution in [3.8, 4) is 18.1 Å². The van der Waals surface area contributed by atoms with Crippen LogP contribution in [-0.4, -0.2) is 48.8 Å². The van der Waals surface area contributed by atoms with Gasteiger partial charge in [0, 0.05) is 30.1 Å². The van der Waals surface area contributed by atoms with Gasteiger partial charge in [0.15, 0.2) is 0 Å². The Labute approximate surface area is 210 Å². The minimum Gasteiger partial charge on any atom is -0.493 e. The smallest absolute Gasteiger partial charge is 0.239 e. The van der Waals surface area contributed by atoms with Gasteiger partial charge in [0.25, 0.3) is 0 Å². The molecule has 1 saturated carbocycles. The van der Waals surface area contributed by atoms with Crippen molar-refractivity contribution in [1.82, 2.24) is 16.0 Å². The van der Waals surface area contributed by atoms with E-state index in [1.54, 1.807) is 6.07 Å². The Morgan fingerprint density at radius 2 is 2.03 bits per heavy atom. The van der Waals surface area contributed by atoms with Gasteiger partial charge >= 0.3 is 0 Å². The van der Waals surface area contributed by atoms with Gasteiger partial charge in [0.2, 0.25) is 11.8 Å². The maximum absolute atomic E-state index is 14.3. The highest BCUT2D eigenvalue weighted by molar-refractivity contribution is 5.84. The molecule has 4 rings (SSSR count). The average Bonchev–Trinajstić information content (AvgIpc) is 3.66. The minimum absolute atomic E-state index is 0.191. The predicted molar refractivity (Wildman–Crippen MR) is 134 cm³/mol. The fourth-order valence-electron chi connectivity index (χ4n) is 4.50. The molecule has 0 spiro atoms. The molecule has 2 amide bonds. The zero-order valence-electron chi connectivity index (χ0n) is 20.2. The van der Waals surface area contributed by atoms with Crippen LogP contribution in [0.2, 0.25) is 0 Å². The first-order valence-electron chi connectivity index (χ1n) is 12.4. The first-order chi connectivity index (χ1) is 17.4. The van der Waals surface area contributed by atoms with E-state index in [0.717, 1.165) is 24.0 Å². The molecule has 7 nitrogen and oxygen atoms in total. The highest BCUT2D eigenvalue weighted by Crippen LogP contribution is 2.45. The molecule has 2 bridgehead atoms. The van der Waals surface area contributed by atoms with E-state index in [1.807, 2.05) is 24.3 Å². The van der Waals surface area contributed by atoms with E-state index in [4.69, 9.17) is 11.2 Å². The molecule has 36 heavy (non-hydrogen) atoms. The quantitative estimate of drug-likeness (QED) is 0.479. The molecule has 190 valence electrons. The third-order valence-corrected chi connectivity index (χ3v) is 6.69. The fourth-order valence-corrected chi connectivity index (χ4v) is 4.50. The molecule has 2 aromatic carbocycles. The number of aliphatic hydroxyl groups is 1. The van der Waals surface area contributed by atoms with Crippen LogP contribution in [0.3, 0.4) is 0 Å². The number of terminal acetylenes is 1. The fraction of sp³-hybridized carbons (Fsp3) is 0.429. The molecule has 0 unspecified atom stereocenters. The lowest BCUT2D eigenvalue weighted by Crippen LogP contribution is -2.52. The summed E-state index contributed by atoms with van der Waals surface area (Å²) in [5.74, 6) is 1.93. The Hall–Kier alpha value is -3.41. The number of carbonyl (C=O) groups is 2. The summed E-state index contributed by atoms with van der Waals surface area (Å²) >= 11 is 0. The summed E-state index contributed by atoms with van der Waals surface area (Å²) < 4.78 is 20.0. The van der Waals surface area contributed by atoms with Crippen LogP contribution >= 0.6 is 0 Å². The van der Waals surface area contributed by atoms with Gasteiger partial charge in [0.1, 0.15) is 11.6 Å². The van der Waals surface area contributed by atoms with Crippen LogP contribution in [0.15, 0.2) is 42.5 Å². The highest BCUT2D eigenvalue weighted by atomic mass is 19.1. The van der Waals surface area contributed by atoms with Gasteiger partial charge in [-0.1, -0.05) is 18.1 Å². The Balaban J connectivity index is 1.49. The Morgan fingerprint density at radius 1 is 1.19 bits per heavy atom.